The molecule has 238 valence electrons. The van der Waals surface area contributed by atoms with Gasteiger partial charge in [0.05, 0.1) is 6.61 Å². The SMILES string of the molecule is O=C(O)[C@H]1OC(OCCC(F)(F)C(F)(F)C(F)(F)C(F)(F)C(F)(F)C(F)(F)C(F)(F)C(F)(F)F)[C@H](O)[C@@H](O)[C@@H]1O. The Morgan fingerprint density at radius 2 is 0.975 bits per heavy atom. The van der Waals surface area contributed by atoms with Gasteiger partial charge in [0, 0.05) is 6.42 Å². The highest BCUT2D eigenvalue weighted by atomic mass is 19.4. The Hall–Kier alpha value is -1.92. The first-order chi connectivity index (χ1) is 17.4. The summed E-state index contributed by atoms with van der Waals surface area (Å²) in [5.41, 5.74) is 0. The van der Waals surface area contributed by atoms with Crippen molar-refractivity contribution in [1.29, 1.82) is 0 Å². The lowest BCUT2D eigenvalue weighted by Gasteiger charge is -2.43. The van der Waals surface area contributed by atoms with E-state index < -0.39 is 97.3 Å². The third-order valence-electron chi connectivity index (χ3n) is 5.30. The molecule has 1 aliphatic rings. The lowest BCUT2D eigenvalue weighted by Crippen LogP contribution is -2.74. The van der Waals surface area contributed by atoms with Gasteiger partial charge in [0.15, 0.2) is 12.4 Å². The molecule has 40 heavy (non-hydrogen) atoms. The van der Waals surface area contributed by atoms with Gasteiger partial charge in [0.2, 0.25) is 0 Å². The number of rotatable bonds is 11. The molecule has 1 rings (SSSR count). The van der Waals surface area contributed by atoms with Gasteiger partial charge in [-0.05, 0) is 0 Å². The second-order valence-corrected chi connectivity index (χ2v) is 8.00. The van der Waals surface area contributed by atoms with Crippen LogP contribution in [0.2, 0.25) is 0 Å². The van der Waals surface area contributed by atoms with E-state index in [1.165, 1.54) is 0 Å². The number of aliphatic hydroxyl groups is 3. The Bertz CT molecular complexity index is 922. The van der Waals surface area contributed by atoms with Gasteiger partial charge in [-0.15, -0.1) is 0 Å². The minimum absolute atomic E-state index is 2.13. The lowest BCUT2D eigenvalue weighted by molar-refractivity contribution is -0.462. The van der Waals surface area contributed by atoms with Gasteiger partial charge in [-0.25, -0.2) is 4.79 Å². The molecule has 0 saturated carbocycles. The number of ether oxygens (including phenoxy) is 2. The molecule has 1 aliphatic heterocycles. The van der Waals surface area contributed by atoms with Crippen molar-refractivity contribution in [3.05, 3.63) is 0 Å². The fourth-order valence-corrected chi connectivity index (χ4v) is 2.85. The van der Waals surface area contributed by atoms with E-state index in [1.54, 1.807) is 0 Å². The van der Waals surface area contributed by atoms with Gasteiger partial charge in [-0.1, -0.05) is 0 Å². The molecule has 1 saturated heterocycles. The molecule has 1 heterocycles. The number of hydrogen-bond donors (Lipinski definition) is 4. The largest absolute Gasteiger partial charge is 0.479 e. The summed E-state index contributed by atoms with van der Waals surface area (Å²) < 4.78 is 233. The predicted molar refractivity (Wildman–Crippen MR) is 85.6 cm³/mol. The third-order valence-corrected chi connectivity index (χ3v) is 5.30. The molecule has 1 unspecified atom stereocenters. The summed E-state index contributed by atoms with van der Waals surface area (Å²) in [4.78, 5) is 10.9. The van der Waals surface area contributed by atoms with Gasteiger partial charge in [0.25, 0.3) is 0 Å². The zero-order valence-corrected chi connectivity index (χ0v) is 18.2. The fraction of sp³-hybridized carbons (Fsp3) is 0.938. The molecular formula is C16H13F17O7. The molecule has 0 bridgehead atoms. The van der Waals surface area contributed by atoms with E-state index >= 15 is 0 Å². The molecule has 4 N–H and O–H groups in total. The molecule has 24 heteroatoms. The number of aliphatic hydroxyl groups excluding tert-OH is 3. The Morgan fingerprint density at radius 3 is 1.35 bits per heavy atom. The van der Waals surface area contributed by atoms with Crippen LogP contribution in [-0.4, -0.2) is 111 Å². The van der Waals surface area contributed by atoms with Crippen molar-refractivity contribution in [2.75, 3.05) is 6.61 Å². The molecule has 0 amide bonds. The highest BCUT2D eigenvalue weighted by Gasteiger charge is 2.95. The molecular weight excluding hydrogens is 627 g/mol. The molecule has 0 radical (unpaired) electrons. The molecule has 0 aromatic carbocycles. The topological polar surface area (TPSA) is 116 Å². The second-order valence-electron chi connectivity index (χ2n) is 8.00. The van der Waals surface area contributed by atoms with Crippen LogP contribution in [-0.2, 0) is 14.3 Å². The summed E-state index contributed by atoms with van der Waals surface area (Å²) in [5.74, 6) is -59.8. The maximum atomic E-state index is 13.8. The summed E-state index contributed by atoms with van der Waals surface area (Å²) in [6, 6.07) is 0. The van der Waals surface area contributed by atoms with Gasteiger partial charge < -0.3 is 29.9 Å². The average Bonchev–Trinajstić information content (AvgIpc) is 2.77. The number of aliphatic carboxylic acids is 1. The van der Waals surface area contributed by atoms with Gasteiger partial charge >= 0.3 is 53.6 Å². The van der Waals surface area contributed by atoms with Gasteiger partial charge in [-0.2, -0.15) is 74.6 Å². The monoisotopic (exact) mass is 640 g/mol. The summed E-state index contributed by atoms with van der Waals surface area (Å²) in [6.45, 7) is -2.22. The number of carboxylic acids is 1. The number of carbonyl (C=O) groups is 1. The van der Waals surface area contributed by atoms with E-state index in [0.717, 1.165) is 0 Å². The second kappa shape index (κ2) is 10.4. The van der Waals surface area contributed by atoms with Crippen molar-refractivity contribution in [3.63, 3.8) is 0 Å². The molecule has 5 atom stereocenters. The zero-order valence-electron chi connectivity index (χ0n) is 18.2. The summed E-state index contributed by atoms with van der Waals surface area (Å²) in [7, 11) is 0. The van der Waals surface area contributed by atoms with Crippen molar-refractivity contribution in [2.24, 2.45) is 0 Å². The third kappa shape index (κ3) is 5.24. The fourth-order valence-electron chi connectivity index (χ4n) is 2.85. The first-order valence-corrected chi connectivity index (χ1v) is 9.64. The van der Waals surface area contributed by atoms with E-state index in [9.17, 15) is 94.8 Å². The highest BCUT2D eigenvalue weighted by molar-refractivity contribution is 5.73. The maximum absolute atomic E-state index is 13.8. The van der Waals surface area contributed by atoms with Crippen LogP contribution >= 0.6 is 0 Å². The van der Waals surface area contributed by atoms with Crippen molar-refractivity contribution in [1.82, 2.24) is 0 Å². The van der Waals surface area contributed by atoms with E-state index in [2.05, 4.69) is 9.47 Å². The molecule has 0 aromatic rings. The standard InChI is InChI=1S/C16H13F17O7/c17-9(18,1-2-39-8-5(36)3(34)4(35)6(40-8)7(37)38)10(19,20)11(21,22)12(23,24)13(25,26)14(27,28)15(29,30)16(31,32)33/h3-6,8,34-36H,1-2H2,(H,37,38)/t3-,4-,5+,6-,8?/m0/s1. The smallest absolute Gasteiger partial charge is 0.460 e. The number of alkyl halides is 17. The Kier molecular flexibility index (Phi) is 9.40. The van der Waals surface area contributed by atoms with Crippen molar-refractivity contribution in [3.8, 4) is 0 Å². The first-order valence-electron chi connectivity index (χ1n) is 9.64. The van der Waals surface area contributed by atoms with Crippen molar-refractivity contribution >= 4 is 5.97 Å². The number of halogens is 17. The maximum Gasteiger partial charge on any atom is 0.460 e. The van der Waals surface area contributed by atoms with E-state index in [0.29, 0.717) is 0 Å². The minimum Gasteiger partial charge on any atom is -0.479 e. The van der Waals surface area contributed by atoms with Crippen LogP contribution < -0.4 is 0 Å². The molecule has 0 aliphatic carbocycles. The Balaban J connectivity index is 3.28. The molecule has 1 fully saturated rings. The van der Waals surface area contributed by atoms with Gasteiger partial charge in [-0.3, -0.25) is 0 Å². The lowest BCUT2D eigenvalue weighted by atomic mass is 9.88. The van der Waals surface area contributed by atoms with E-state index in [-0.39, 0.29) is 0 Å². The first kappa shape index (κ1) is 36.1. The van der Waals surface area contributed by atoms with E-state index in [1.807, 2.05) is 0 Å². The Labute approximate surface area is 208 Å². The van der Waals surface area contributed by atoms with Crippen molar-refractivity contribution < 1.29 is 109 Å². The summed E-state index contributed by atoms with van der Waals surface area (Å²) in [6.07, 6.45) is -23.7. The quantitative estimate of drug-likeness (QED) is 0.257. The average molecular weight is 640 g/mol. The zero-order chi connectivity index (χ0) is 32.3. The van der Waals surface area contributed by atoms with Crippen LogP contribution in [0.1, 0.15) is 6.42 Å². The van der Waals surface area contributed by atoms with Crippen LogP contribution in [0.3, 0.4) is 0 Å². The molecule has 0 aromatic heterocycles. The normalized spacial score (nSPS) is 26.6. The Morgan fingerprint density at radius 1 is 0.600 bits per heavy atom. The minimum atomic E-state index is -8.78. The number of hydrogen-bond acceptors (Lipinski definition) is 6. The summed E-state index contributed by atoms with van der Waals surface area (Å²) in [5, 5.41) is 37.1. The van der Waals surface area contributed by atoms with Crippen LogP contribution in [0.5, 0.6) is 0 Å². The van der Waals surface area contributed by atoms with Gasteiger partial charge in [0.1, 0.15) is 18.3 Å². The van der Waals surface area contributed by atoms with Crippen LogP contribution in [0.4, 0.5) is 74.6 Å². The van der Waals surface area contributed by atoms with Crippen LogP contribution in [0.25, 0.3) is 0 Å². The van der Waals surface area contributed by atoms with Crippen LogP contribution in [0, 0.1) is 0 Å². The highest BCUT2D eigenvalue weighted by Crippen LogP contribution is 2.64. The van der Waals surface area contributed by atoms with E-state index in [4.69, 9.17) is 5.11 Å². The van der Waals surface area contributed by atoms with Crippen molar-refractivity contribution in [2.45, 2.75) is 84.8 Å². The summed E-state index contributed by atoms with van der Waals surface area (Å²) >= 11 is 0. The predicted octanol–water partition coefficient (Wildman–Crippen LogP) is 3.29. The molecule has 7 nitrogen and oxygen atoms in total. The number of carboxylic acid groups (broad SMARTS) is 1. The van der Waals surface area contributed by atoms with Crippen LogP contribution in [0.15, 0.2) is 0 Å². The molecule has 0 spiro atoms.